The molecule has 14 unspecified atom stereocenters. The summed E-state index contributed by atoms with van der Waals surface area (Å²) < 4.78 is 29.8. The molecule has 17 heteroatoms. The molecule has 2 heterocycles. The van der Waals surface area contributed by atoms with Gasteiger partial charge >= 0.3 is 5.97 Å². The van der Waals surface area contributed by atoms with E-state index in [1.165, 1.54) is 6.92 Å². The first-order valence-corrected chi connectivity index (χ1v) is 19.7. The summed E-state index contributed by atoms with van der Waals surface area (Å²) in [5.41, 5.74) is -2.42. The van der Waals surface area contributed by atoms with E-state index in [9.17, 15) is 61.0 Å². The van der Waals surface area contributed by atoms with Gasteiger partial charge in [0.2, 0.25) is 6.29 Å². The van der Waals surface area contributed by atoms with Crippen LogP contribution in [0, 0.1) is 28.1 Å². The second-order valence-corrected chi connectivity index (χ2v) is 17.6. The zero-order chi connectivity index (χ0) is 40.2. The quantitative estimate of drug-likeness (QED) is 0.0420. The molecule has 0 amide bonds. The first kappa shape index (κ1) is 43.2. The molecule has 11 N–H and O–H groups in total. The standard InChI is InChI=1S/C38H62O17/c1-18-12-36-9-5-25-35(3,34(50)54-33(31(48)49)52-22(14-39)19(2)42)7-4-8-37(25,13-20-11-21(43)27(44)23(15-40)51-20)26(36)6-10-38(18,17-36)55-32-30(47)29(46)28(45)24(16-41)53-32/h19-33,39-49H,1,4-17H2,2-3H3/t19?,20?,21?,22?,23?,24?,25?,26?,27?,28?,29?,30?,32?,33?,35-,36-,37+,38+/m1/s1. The highest BCUT2D eigenvalue weighted by atomic mass is 16.7. The number of aliphatic hydroxyl groups excluding tert-OH is 10. The molecule has 6 aliphatic rings. The Kier molecular flexibility index (Phi) is 12.8. The van der Waals surface area contributed by atoms with E-state index in [2.05, 4.69) is 6.58 Å². The van der Waals surface area contributed by atoms with Gasteiger partial charge in [-0.15, -0.1) is 0 Å². The number of carbonyl (C=O) groups is 1. The molecule has 316 valence electrons. The Morgan fingerprint density at radius 3 is 2.20 bits per heavy atom. The molecular formula is C38H62O17. The first-order chi connectivity index (χ1) is 25.9. The lowest BCUT2D eigenvalue weighted by molar-refractivity contribution is -0.328. The number of esters is 1. The molecule has 18 atom stereocenters. The molecule has 0 aromatic heterocycles. The van der Waals surface area contributed by atoms with Crippen LogP contribution in [0.15, 0.2) is 12.2 Å². The van der Waals surface area contributed by atoms with Crippen molar-refractivity contribution in [1.82, 2.24) is 0 Å². The van der Waals surface area contributed by atoms with E-state index in [1.807, 2.05) is 0 Å². The maximum Gasteiger partial charge on any atom is 0.314 e. The van der Waals surface area contributed by atoms with Gasteiger partial charge in [0.05, 0.1) is 49.1 Å². The van der Waals surface area contributed by atoms with Crippen molar-refractivity contribution in [2.75, 3.05) is 19.8 Å². The molecule has 6 fully saturated rings. The van der Waals surface area contributed by atoms with Crippen molar-refractivity contribution in [2.24, 2.45) is 28.1 Å². The molecule has 2 saturated heterocycles. The Hall–Kier alpha value is -1.39. The Bertz CT molecular complexity index is 1360. The highest BCUT2D eigenvalue weighted by molar-refractivity contribution is 5.77. The number of aliphatic hydroxyl groups is 11. The van der Waals surface area contributed by atoms with Crippen LogP contribution in [-0.4, -0.2) is 167 Å². The molecular weight excluding hydrogens is 728 g/mol. The number of hydrogen-bond donors (Lipinski definition) is 11. The zero-order valence-electron chi connectivity index (χ0n) is 31.6. The number of rotatable bonds is 13. The Labute approximate surface area is 320 Å². The van der Waals surface area contributed by atoms with Gasteiger partial charge in [0.15, 0.2) is 6.29 Å². The van der Waals surface area contributed by atoms with Crippen molar-refractivity contribution in [3.8, 4) is 0 Å². The fourth-order valence-corrected chi connectivity index (χ4v) is 11.8. The topological polar surface area (TPSA) is 286 Å². The molecule has 4 saturated carbocycles. The van der Waals surface area contributed by atoms with Crippen LogP contribution in [0.5, 0.6) is 0 Å². The van der Waals surface area contributed by atoms with E-state index >= 15 is 0 Å². The van der Waals surface area contributed by atoms with E-state index in [0.29, 0.717) is 64.2 Å². The lowest BCUT2D eigenvalue weighted by Crippen LogP contribution is -2.63. The predicted molar refractivity (Wildman–Crippen MR) is 187 cm³/mol. The van der Waals surface area contributed by atoms with Crippen molar-refractivity contribution in [3.05, 3.63) is 12.2 Å². The molecule has 17 nitrogen and oxygen atoms in total. The molecule has 0 aromatic carbocycles. The third kappa shape index (κ3) is 7.55. The summed E-state index contributed by atoms with van der Waals surface area (Å²) in [4.78, 5) is 14.4. The zero-order valence-corrected chi connectivity index (χ0v) is 31.6. The highest BCUT2D eigenvalue weighted by Gasteiger charge is 2.70. The molecule has 2 bridgehead atoms. The molecule has 4 aliphatic carbocycles. The van der Waals surface area contributed by atoms with Gasteiger partial charge < -0.3 is 79.9 Å². The van der Waals surface area contributed by atoms with E-state index in [-0.39, 0.29) is 18.3 Å². The summed E-state index contributed by atoms with van der Waals surface area (Å²) in [6.45, 7) is 5.80. The average molecular weight is 791 g/mol. The van der Waals surface area contributed by atoms with Crippen LogP contribution >= 0.6 is 0 Å². The average Bonchev–Trinajstić information content (AvgIpc) is 3.34. The van der Waals surface area contributed by atoms with Crippen LogP contribution in [-0.2, 0) is 28.5 Å². The molecule has 1 spiro atoms. The van der Waals surface area contributed by atoms with E-state index in [0.717, 1.165) is 5.57 Å². The van der Waals surface area contributed by atoms with Gasteiger partial charge in [-0.1, -0.05) is 13.0 Å². The van der Waals surface area contributed by atoms with Crippen molar-refractivity contribution in [3.63, 3.8) is 0 Å². The normalized spacial score (nSPS) is 47.5. The summed E-state index contributed by atoms with van der Waals surface area (Å²) in [5.74, 6) is -1.16. The Balaban J connectivity index is 1.33. The summed E-state index contributed by atoms with van der Waals surface area (Å²) in [5, 5.41) is 113. The maximum atomic E-state index is 14.4. The summed E-state index contributed by atoms with van der Waals surface area (Å²) in [6.07, 6.45) is -12.7. The highest BCUT2D eigenvalue weighted by Crippen LogP contribution is 2.75. The van der Waals surface area contributed by atoms with Gasteiger partial charge in [-0.3, -0.25) is 4.79 Å². The largest absolute Gasteiger partial charge is 0.430 e. The number of hydrogen-bond acceptors (Lipinski definition) is 17. The lowest BCUT2D eigenvalue weighted by Gasteiger charge is -2.66. The third-order valence-electron chi connectivity index (χ3n) is 14.4. The number of fused-ring (bicyclic) bond motifs is 3. The lowest BCUT2D eigenvalue weighted by atomic mass is 9.39. The second kappa shape index (κ2) is 16.3. The van der Waals surface area contributed by atoms with E-state index in [4.69, 9.17) is 23.7 Å². The molecule has 2 aliphatic heterocycles. The Morgan fingerprint density at radius 1 is 0.891 bits per heavy atom. The van der Waals surface area contributed by atoms with Crippen LogP contribution in [0.2, 0.25) is 0 Å². The van der Waals surface area contributed by atoms with Crippen LogP contribution in [0.1, 0.15) is 84.5 Å². The molecule has 55 heavy (non-hydrogen) atoms. The van der Waals surface area contributed by atoms with E-state index < -0.39 is 128 Å². The van der Waals surface area contributed by atoms with Gasteiger partial charge in [-0.25, -0.2) is 0 Å². The smallest absolute Gasteiger partial charge is 0.314 e. The SMILES string of the molecule is C=C1C[C@@]23CCC4[C@@](CC5CC(O)C(O)C(CO)O5)(CCC[C@@]4(C)C(=O)OC(OC(CO)C(C)O)C(O)O)C2CC[C@]1(OC1OC(CO)C(O)C(O)C1O)C3. The van der Waals surface area contributed by atoms with Gasteiger partial charge in [0.25, 0.3) is 6.29 Å². The van der Waals surface area contributed by atoms with Crippen LogP contribution in [0.25, 0.3) is 0 Å². The Morgan fingerprint density at radius 2 is 1.56 bits per heavy atom. The predicted octanol–water partition coefficient (Wildman–Crippen LogP) is -1.93. The van der Waals surface area contributed by atoms with Gasteiger partial charge in [0.1, 0.15) is 42.7 Å². The number of ether oxygens (including phenoxy) is 5. The molecule has 6 rings (SSSR count). The minimum atomic E-state index is -2.28. The fraction of sp³-hybridized carbons (Fsp3) is 0.921. The van der Waals surface area contributed by atoms with Gasteiger partial charge in [-0.05, 0) is 99.9 Å². The third-order valence-corrected chi connectivity index (χ3v) is 14.4. The van der Waals surface area contributed by atoms with E-state index in [1.54, 1.807) is 6.92 Å². The maximum absolute atomic E-state index is 14.4. The van der Waals surface area contributed by atoms with Gasteiger partial charge in [-0.2, -0.15) is 0 Å². The number of carbonyl (C=O) groups excluding carboxylic acids is 1. The fourth-order valence-electron chi connectivity index (χ4n) is 11.8. The first-order valence-electron chi connectivity index (χ1n) is 19.7. The summed E-state index contributed by atoms with van der Waals surface area (Å²) >= 11 is 0. The van der Waals surface area contributed by atoms with Crippen molar-refractivity contribution in [2.45, 2.75) is 170 Å². The van der Waals surface area contributed by atoms with Crippen molar-refractivity contribution >= 4 is 5.97 Å². The summed E-state index contributed by atoms with van der Waals surface area (Å²) in [6, 6.07) is 0. The monoisotopic (exact) mass is 790 g/mol. The van der Waals surface area contributed by atoms with Crippen LogP contribution < -0.4 is 0 Å². The second-order valence-electron chi connectivity index (χ2n) is 17.6. The van der Waals surface area contributed by atoms with Crippen LogP contribution in [0.3, 0.4) is 0 Å². The molecule has 0 aromatic rings. The minimum Gasteiger partial charge on any atom is -0.430 e. The molecule has 0 radical (unpaired) electrons. The van der Waals surface area contributed by atoms with Crippen molar-refractivity contribution in [1.29, 1.82) is 0 Å². The van der Waals surface area contributed by atoms with Crippen LogP contribution in [0.4, 0.5) is 0 Å². The minimum absolute atomic E-state index is 0.0680. The van der Waals surface area contributed by atoms with Gasteiger partial charge in [0, 0.05) is 6.42 Å². The summed E-state index contributed by atoms with van der Waals surface area (Å²) in [7, 11) is 0. The van der Waals surface area contributed by atoms with Crippen molar-refractivity contribution < 1.29 is 84.7 Å².